The van der Waals surface area contributed by atoms with Crippen LogP contribution >= 0.6 is 0 Å². The van der Waals surface area contributed by atoms with Gasteiger partial charge in [-0.15, -0.1) is 0 Å². The first kappa shape index (κ1) is 19.6. The Labute approximate surface area is 165 Å². The van der Waals surface area contributed by atoms with E-state index in [2.05, 4.69) is 63.5 Å². The summed E-state index contributed by atoms with van der Waals surface area (Å²) >= 11 is 0. The molecule has 0 spiro atoms. The molecule has 28 heavy (non-hydrogen) atoms. The van der Waals surface area contributed by atoms with Crippen LogP contribution in [0, 0.1) is 0 Å². The fourth-order valence-electron chi connectivity index (χ4n) is 2.99. The predicted octanol–water partition coefficient (Wildman–Crippen LogP) is 2.93. The number of aromatic nitrogens is 7. The van der Waals surface area contributed by atoms with Gasteiger partial charge in [0, 0.05) is 36.4 Å². The molecule has 0 aliphatic heterocycles. The molecule has 3 heterocycles. The van der Waals surface area contributed by atoms with E-state index in [0.717, 1.165) is 25.1 Å². The Balaban J connectivity index is 1.94. The molecule has 1 unspecified atom stereocenters. The van der Waals surface area contributed by atoms with Gasteiger partial charge < -0.3 is 0 Å². The highest BCUT2D eigenvalue weighted by atomic mass is 15.4. The van der Waals surface area contributed by atoms with Crippen molar-refractivity contribution >= 4 is 5.57 Å². The van der Waals surface area contributed by atoms with E-state index in [9.17, 15) is 0 Å². The van der Waals surface area contributed by atoms with Crippen LogP contribution in [0.4, 0.5) is 0 Å². The van der Waals surface area contributed by atoms with Crippen LogP contribution in [0.2, 0.25) is 0 Å². The molecule has 8 heteroatoms. The quantitative estimate of drug-likeness (QED) is 0.533. The van der Waals surface area contributed by atoms with E-state index in [-0.39, 0.29) is 0 Å². The lowest BCUT2D eigenvalue weighted by Gasteiger charge is -2.26. The van der Waals surface area contributed by atoms with Gasteiger partial charge in [0.25, 0.3) is 11.9 Å². The maximum atomic E-state index is 4.55. The summed E-state index contributed by atoms with van der Waals surface area (Å²) in [5.41, 5.74) is 0.717. The number of nitrogens with zero attached hydrogens (tertiary/aromatic N) is 8. The minimum absolute atomic E-state index is 0.352. The van der Waals surface area contributed by atoms with E-state index in [4.69, 9.17) is 0 Å². The second-order valence-electron chi connectivity index (χ2n) is 6.24. The number of hydrogen-bond donors (Lipinski definition) is 0. The lowest BCUT2D eigenvalue weighted by atomic mass is 10.1. The average molecular weight is 378 g/mol. The van der Waals surface area contributed by atoms with Crippen LogP contribution in [0.15, 0.2) is 55.7 Å². The molecule has 0 fully saturated rings. The molecule has 1 atom stereocenters. The van der Waals surface area contributed by atoms with Crippen LogP contribution in [0.25, 0.3) is 17.5 Å². The maximum Gasteiger partial charge on any atom is 0.255 e. The zero-order chi connectivity index (χ0) is 19.9. The molecular formula is C20H26N8. The molecule has 0 amide bonds. The van der Waals surface area contributed by atoms with E-state index in [0.29, 0.717) is 23.8 Å². The molecular weight excluding hydrogens is 352 g/mol. The van der Waals surface area contributed by atoms with Crippen LogP contribution < -0.4 is 0 Å². The Kier molecular flexibility index (Phi) is 6.44. The first-order valence-electron chi connectivity index (χ1n) is 9.53. The van der Waals surface area contributed by atoms with Gasteiger partial charge in [-0.2, -0.15) is 25.1 Å². The number of allylic oxidation sites excluding steroid dienone is 2. The third-order valence-electron chi connectivity index (χ3n) is 4.54. The van der Waals surface area contributed by atoms with E-state index < -0.39 is 0 Å². The van der Waals surface area contributed by atoms with Crippen LogP contribution in [0.3, 0.4) is 0 Å². The summed E-state index contributed by atoms with van der Waals surface area (Å²) in [6.45, 7) is 12.7. The molecule has 0 aliphatic rings. The van der Waals surface area contributed by atoms with Gasteiger partial charge in [0.05, 0.1) is 0 Å². The zero-order valence-corrected chi connectivity index (χ0v) is 16.6. The van der Waals surface area contributed by atoms with Crippen molar-refractivity contribution < 1.29 is 0 Å². The van der Waals surface area contributed by atoms with Crippen LogP contribution in [-0.4, -0.2) is 58.5 Å². The van der Waals surface area contributed by atoms with Crippen LogP contribution in [-0.2, 0) is 0 Å². The Morgan fingerprint density at radius 1 is 1.00 bits per heavy atom. The monoisotopic (exact) mass is 378 g/mol. The molecule has 0 aromatic carbocycles. The third kappa shape index (κ3) is 4.40. The summed E-state index contributed by atoms with van der Waals surface area (Å²) in [4.78, 5) is 16.0. The summed E-state index contributed by atoms with van der Waals surface area (Å²) in [5, 5.41) is 8.44. The third-order valence-corrected chi connectivity index (χ3v) is 4.54. The van der Waals surface area contributed by atoms with E-state index in [1.54, 1.807) is 34.2 Å². The van der Waals surface area contributed by atoms with Gasteiger partial charge in [0.1, 0.15) is 0 Å². The number of hydrogen-bond acceptors (Lipinski definition) is 6. The number of rotatable bonds is 9. The lowest BCUT2D eigenvalue weighted by Crippen LogP contribution is -2.32. The molecule has 0 radical (unpaired) electrons. The standard InChI is InChI=1S/C20H26N8/c1-5-17(26(6-2)7-3)11-10-16(4)18-23-19(27-14-8-12-21-27)25-20(24-18)28-15-9-13-22-28/h8-15,17H,4-7H2,1-3H3/b11-10-. The Hall–Kier alpha value is -3.13. The molecule has 8 nitrogen and oxygen atoms in total. The lowest BCUT2D eigenvalue weighted by molar-refractivity contribution is 0.249. The Bertz CT molecular complexity index is 855. The van der Waals surface area contributed by atoms with Crippen molar-refractivity contribution in [2.24, 2.45) is 0 Å². The van der Waals surface area contributed by atoms with E-state index in [1.165, 1.54) is 0 Å². The summed E-state index contributed by atoms with van der Waals surface area (Å²) in [6.07, 6.45) is 12.1. The van der Waals surface area contributed by atoms with Crippen molar-refractivity contribution in [3.05, 3.63) is 61.5 Å². The first-order chi connectivity index (χ1) is 13.7. The molecule has 0 bridgehead atoms. The number of likely N-dealkylation sites (N-methyl/N-ethyl adjacent to an activating group) is 1. The minimum atomic E-state index is 0.352. The maximum absolute atomic E-state index is 4.55. The van der Waals surface area contributed by atoms with Gasteiger partial charge in [-0.05, 0) is 31.6 Å². The molecule has 3 aromatic heterocycles. The summed E-state index contributed by atoms with van der Waals surface area (Å²) in [5.74, 6) is 1.34. The van der Waals surface area contributed by atoms with Gasteiger partial charge >= 0.3 is 0 Å². The second kappa shape index (κ2) is 9.18. The topological polar surface area (TPSA) is 77.5 Å². The fraction of sp³-hybridized carbons (Fsp3) is 0.350. The van der Waals surface area contributed by atoms with Crippen molar-refractivity contribution in [2.45, 2.75) is 33.2 Å². The Morgan fingerprint density at radius 2 is 1.57 bits per heavy atom. The summed E-state index contributed by atoms with van der Waals surface area (Å²) < 4.78 is 3.19. The van der Waals surface area contributed by atoms with Gasteiger partial charge in [-0.3, -0.25) is 4.90 Å². The van der Waals surface area contributed by atoms with E-state index >= 15 is 0 Å². The highest BCUT2D eigenvalue weighted by Gasteiger charge is 2.13. The van der Waals surface area contributed by atoms with Crippen molar-refractivity contribution in [1.29, 1.82) is 0 Å². The molecule has 3 rings (SSSR count). The van der Waals surface area contributed by atoms with Crippen molar-refractivity contribution in [3.63, 3.8) is 0 Å². The SMILES string of the molecule is C=C(/C=C\C(CC)N(CC)CC)c1nc(-n2cccn2)nc(-n2cccn2)n1. The molecule has 0 saturated carbocycles. The second-order valence-corrected chi connectivity index (χ2v) is 6.24. The summed E-state index contributed by atoms with van der Waals surface area (Å²) in [6, 6.07) is 3.99. The molecule has 146 valence electrons. The normalized spacial score (nSPS) is 12.7. The highest BCUT2D eigenvalue weighted by molar-refractivity contribution is 5.67. The van der Waals surface area contributed by atoms with Crippen molar-refractivity contribution in [3.8, 4) is 11.9 Å². The van der Waals surface area contributed by atoms with Gasteiger partial charge in [-0.1, -0.05) is 39.5 Å². The Morgan fingerprint density at radius 3 is 2.00 bits per heavy atom. The van der Waals surface area contributed by atoms with Gasteiger partial charge in [-0.25, -0.2) is 9.36 Å². The van der Waals surface area contributed by atoms with Gasteiger partial charge in [0.15, 0.2) is 5.82 Å². The first-order valence-corrected chi connectivity index (χ1v) is 9.53. The minimum Gasteiger partial charge on any atom is -0.297 e. The van der Waals surface area contributed by atoms with Crippen LogP contribution in [0.5, 0.6) is 0 Å². The molecule has 3 aromatic rings. The zero-order valence-electron chi connectivity index (χ0n) is 16.6. The van der Waals surface area contributed by atoms with E-state index in [1.807, 2.05) is 18.2 Å². The molecule has 0 aliphatic carbocycles. The fourth-order valence-corrected chi connectivity index (χ4v) is 2.99. The highest BCUT2D eigenvalue weighted by Crippen LogP contribution is 2.15. The molecule has 0 N–H and O–H groups in total. The van der Waals surface area contributed by atoms with Crippen molar-refractivity contribution in [2.75, 3.05) is 13.1 Å². The van der Waals surface area contributed by atoms with Gasteiger partial charge in [0.2, 0.25) is 0 Å². The smallest absolute Gasteiger partial charge is 0.255 e. The largest absolute Gasteiger partial charge is 0.297 e. The molecule has 0 saturated heterocycles. The van der Waals surface area contributed by atoms with Crippen LogP contribution in [0.1, 0.15) is 33.0 Å². The van der Waals surface area contributed by atoms with Crippen molar-refractivity contribution in [1.82, 2.24) is 39.4 Å². The predicted molar refractivity (Wildman–Crippen MR) is 109 cm³/mol. The average Bonchev–Trinajstić information content (AvgIpc) is 3.44. The summed E-state index contributed by atoms with van der Waals surface area (Å²) in [7, 11) is 0.